The van der Waals surface area contributed by atoms with Crippen molar-refractivity contribution in [2.75, 3.05) is 5.73 Å². The van der Waals surface area contributed by atoms with Crippen LogP contribution in [0.1, 0.15) is 41.3 Å². The summed E-state index contributed by atoms with van der Waals surface area (Å²) in [6.45, 7) is 5.91. The summed E-state index contributed by atoms with van der Waals surface area (Å²) in [5.41, 5.74) is 9.26. The van der Waals surface area contributed by atoms with Crippen molar-refractivity contribution in [3.63, 3.8) is 0 Å². The third-order valence-corrected chi connectivity index (χ3v) is 2.31. The van der Waals surface area contributed by atoms with Crippen LogP contribution in [-0.2, 0) is 0 Å². The van der Waals surface area contributed by atoms with Crippen LogP contribution in [-0.4, -0.2) is 5.78 Å². The van der Waals surface area contributed by atoms with Crippen LogP contribution < -0.4 is 5.73 Å². The van der Waals surface area contributed by atoms with Crippen molar-refractivity contribution in [3.05, 3.63) is 28.8 Å². The smallest absolute Gasteiger partial charge is 0.164 e. The largest absolute Gasteiger partial charge is 0.398 e. The van der Waals surface area contributed by atoms with E-state index in [9.17, 15) is 4.79 Å². The van der Waals surface area contributed by atoms with E-state index in [2.05, 4.69) is 0 Å². The molecule has 0 aliphatic rings. The van der Waals surface area contributed by atoms with Crippen molar-refractivity contribution in [2.24, 2.45) is 0 Å². The lowest BCUT2D eigenvalue weighted by Gasteiger charge is -2.08. The number of ketones is 1. The zero-order valence-corrected chi connectivity index (χ0v) is 9.05. The number of rotatable bonds is 3. The Morgan fingerprint density at radius 3 is 2.57 bits per heavy atom. The Kier molecular flexibility index (Phi) is 3.28. The van der Waals surface area contributed by atoms with E-state index in [4.69, 9.17) is 5.73 Å². The van der Waals surface area contributed by atoms with Gasteiger partial charge in [-0.1, -0.05) is 13.0 Å². The normalized spacial score (nSPS) is 10.2. The maximum absolute atomic E-state index is 11.7. The molecule has 0 saturated heterocycles. The van der Waals surface area contributed by atoms with Gasteiger partial charge < -0.3 is 5.73 Å². The zero-order valence-electron chi connectivity index (χ0n) is 9.05. The summed E-state index contributed by atoms with van der Waals surface area (Å²) < 4.78 is 0. The molecule has 0 atom stereocenters. The minimum atomic E-state index is 0.150. The molecule has 0 saturated carbocycles. The molecule has 0 fully saturated rings. The van der Waals surface area contributed by atoms with Gasteiger partial charge in [-0.25, -0.2) is 0 Å². The number of carbonyl (C=O) groups excluding carboxylic acids is 1. The standard InChI is InChI=1S/C12H17NO/c1-4-5-11(14)10-7-8(2)6-9(3)12(10)13/h6-7H,4-5,13H2,1-3H3. The van der Waals surface area contributed by atoms with Crippen molar-refractivity contribution < 1.29 is 4.79 Å². The van der Waals surface area contributed by atoms with Crippen LogP contribution in [0.5, 0.6) is 0 Å². The van der Waals surface area contributed by atoms with Crippen LogP contribution in [0.25, 0.3) is 0 Å². The number of hydrogen-bond acceptors (Lipinski definition) is 2. The van der Waals surface area contributed by atoms with Crippen LogP contribution in [0.4, 0.5) is 5.69 Å². The summed E-state index contributed by atoms with van der Waals surface area (Å²) in [6, 6.07) is 3.87. The molecule has 1 aromatic rings. The highest BCUT2D eigenvalue weighted by atomic mass is 16.1. The maximum atomic E-state index is 11.7. The van der Waals surface area contributed by atoms with Crippen molar-refractivity contribution in [1.82, 2.24) is 0 Å². The van der Waals surface area contributed by atoms with Crippen molar-refractivity contribution in [1.29, 1.82) is 0 Å². The van der Waals surface area contributed by atoms with E-state index in [0.29, 0.717) is 17.7 Å². The Morgan fingerprint density at radius 1 is 1.36 bits per heavy atom. The van der Waals surface area contributed by atoms with Gasteiger partial charge in [-0.15, -0.1) is 0 Å². The molecular formula is C12H17NO. The molecule has 0 unspecified atom stereocenters. The molecule has 0 aliphatic heterocycles. The van der Waals surface area contributed by atoms with Crippen LogP contribution in [0, 0.1) is 13.8 Å². The second kappa shape index (κ2) is 4.27. The number of aryl methyl sites for hydroxylation is 2. The minimum absolute atomic E-state index is 0.150. The first kappa shape index (κ1) is 10.8. The summed E-state index contributed by atoms with van der Waals surface area (Å²) in [4.78, 5) is 11.7. The van der Waals surface area contributed by atoms with Crippen molar-refractivity contribution >= 4 is 11.5 Å². The second-order valence-corrected chi connectivity index (χ2v) is 3.72. The van der Waals surface area contributed by atoms with Gasteiger partial charge in [0.2, 0.25) is 0 Å². The molecular weight excluding hydrogens is 174 g/mol. The second-order valence-electron chi connectivity index (χ2n) is 3.72. The van der Waals surface area contributed by atoms with Gasteiger partial charge in [0, 0.05) is 17.7 Å². The lowest BCUT2D eigenvalue weighted by Crippen LogP contribution is -2.05. The van der Waals surface area contributed by atoms with Gasteiger partial charge in [-0.2, -0.15) is 0 Å². The molecule has 1 rings (SSSR count). The Labute approximate surface area is 85.1 Å². The molecule has 0 aromatic heterocycles. The quantitative estimate of drug-likeness (QED) is 0.589. The molecule has 76 valence electrons. The highest BCUT2D eigenvalue weighted by molar-refractivity contribution is 6.01. The van der Waals surface area contributed by atoms with E-state index in [-0.39, 0.29) is 5.78 Å². The zero-order chi connectivity index (χ0) is 10.7. The number of Topliss-reactive ketones (excluding diaryl/α,β-unsaturated/α-hetero) is 1. The maximum Gasteiger partial charge on any atom is 0.164 e. The Bertz CT molecular complexity index is 356. The Morgan fingerprint density at radius 2 is 2.00 bits per heavy atom. The summed E-state index contributed by atoms with van der Waals surface area (Å²) in [7, 11) is 0. The summed E-state index contributed by atoms with van der Waals surface area (Å²) in [6.07, 6.45) is 1.44. The number of anilines is 1. The first-order chi connectivity index (χ1) is 6.56. The SMILES string of the molecule is CCCC(=O)c1cc(C)cc(C)c1N. The van der Waals surface area contributed by atoms with Gasteiger partial charge in [0.1, 0.15) is 0 Å². The first-order valence-electron chi connectivity index (χ1n) is 4.96. The molecule has 2 heteroatoms. The number of nitrogen functional groups attached to an aromatic ring is 1. The predicted octanol–water partition coefficient (Wildman–Crippen LogP) is 2.87. The van der Waals surface area contributed by atoms with E-state index in [1.807, 2.05) is 32.9 Å². The van der Waals surface area contributed by atoms with Crippen LogP contribution >= 0.6 is 0 Å². The van der Waals surface area contributed by atoms with E-state index in [0.717, 1.165) is 17.5 Å². The summed E-state index contributed by atoms with van der Waals surface area (Å²) in [5.74, 6) is 0.150. The van der Waals surface area contributed by atoms with Gasteiger partial charge in [-0.3, -0.25) is 4.79 Å². The van der Waals surface area contributed by atoms with Gasteiger partial charge in [0.15, 0.2) is 5.78 Å². The molecule has 0 radical (unpaired) electrons. The van der Waals surface area contributed by atoms with Gasteiger partial charge >= 0.3 is 0 Å². The number of nitrogens with two attached hydrogens (primary N) is 1. The lowest BCUT2D eigenvalue weighted by molar-refractivity contribution is 0.0982. The molecule has 0 aliphatic carbocycles. The molecule has 0 spiro atoms. The summed E-state index contributed by atoms with van der Waals surface area (Å²) in [5, 5.41) is 0. The fraction of sp³-hybridized carbons (Fsp3) is 0.417. The fourth-order valence-electron chi connectivity index (χ4n) is 1.57. The molecule has 2 N–H and O–H groups in total. The highest BCUT2D eigenvalue weighted by Gasteiger charge is 2.10. The Hall–Kier alpha value is -1.31. The molecule has 0 heterocycles. The van der Waals surface area contributed by atoms with Gasteiger partial charge in [-0.05, 0) is 37.5 Å². The van der Waals surface area contributed by atoms with E-state index < -0.39 is 0 Å². The molecule has 0 bridgehead atoms. The van der Waals surface area contributed by atoms with Crippen LogP contribution in [0.3, 0.4) is 0 Å². The topological polar surface area (TPSA) is 43.1 Å². The van der Waals surface area contributed by atoms with E-state index in [1.165, 1.54) is 0 Å². The average Bonchev–Trinajstić information content (AvgIpc) is 2.11. The van der Waals surface area contributed by atoms with E-state index >= 15 is 0 Å². The third kappa shape index (κ3) is 2.13. The van der Waals surface area contributed by atoms with E-state index in [1.54, 1.807) is 0 Å². The van der Waals surface area contributed by atoms with Gasteiger partial charge in [0.25, 0.3) is 0 Å². The first-order valence-corrected chi connectivity index (χ1v) is 4.96. The lowest BCUT2D eigenvalue weighted by atomic mass is 9.99. The molecule has 0 amide bonds. The monoisotopic (exact) mass is 191 g/mol. The molecule has 2 nitrogen and oxygen atoms in total. The Balaban J connectivity index is 3.13. The fourth-order valence-corrected chi connectivity index (χ4v) is 1.57. The number of benzene rings is 1. The minimum Gasteiger partial charge on any atom is -0.398 e. The molecule has 14 heavy (non-hydrogen) atoms. The third-order valence-electron chi connectivity index (χ3n) is 2.31. The number of hydrogen-bond donors (Lipinski definition) is 1. The van der Waals surface area contributed by atoms with Crippen molar-refractivity contribution in [3.8, 4) is 0 Å². The predicted molar refractivity (Wildman–Crippen MR) is 59.6 cm³/mol. The summed E-state index contributed by atoms with van der Waals surface area (Å²) >= 11 is 0. The van der Waals surface area contributed by atoms with Gasteiger partial charge in [0.05, 0.1) is 0 Å². The van der Waals surface area contributed by atoms with Crippen molar-refractivity contribution in [2.45, 2.75) is 33.6 Å². The van der Waals surface area contributed by atoms with Crippen LogP contribution in [0.2, 0.25) is 0 Å². The number of carbonyl (C=O) groups is 1. The molecule has 1 aromatic carbocycles. The highest BCUT2D eigenvalue weighted by Crippen LogP contribution is 2.21. The van der Waals surface area contributed by atoms with Crippen LogP contribution in [0.15, 0.2) is 12.1 Å². The average molecular weight is 191 g/mol.